The highest BCUT2D eigenvalue weighted by Gasteiger charge is 2.16. The smallest absolute Gasteiger partial charge is 0.461 e. The predicted molar refractivity (Wildman–Crippen MR) is 41.3 cm³/mol. The first-order valence-corrected chi connectivity index (χ1v) is 3.91. The van der Waals surface area contributed by atoms with Crippen LogP contribution in [0.5, 0.6) is 0 Å². The summed E-state index contributed by atoms with van der Waals surface area (Å²) in [7, 11) is 1.48. The van der Waals surface area contributed by atoms with E-state index in [0.717, 1.165) is 5.01 Å². The fourth-order valence-electron chi connectivity index (χ4n) is 0.485. The molecular formula is C5H11N2O2S+. The van der Waals surface area contributed by atoms with Gasteiger partial charge in [0.15, 0.2) is 18.2 Å². The average Bonchev–Trinajstić information content (AvgIpc) is 1.90. The van der Waals surface area contributed by atoms with E-state index in [2.05, 4.69) is 0 Å². The van der Waals surface area contributed by atoms with Crippen LogP contribution in [0.1, 0.15) is 6.92 Å². The zero-order valence-corrected chi connectivity index (χ0v) is 7.05. The molecule has 58 valence electrons. The highest BCUT2D eigenvalue weighted by atomic mass is 32.2. The minimum Gasteiger partial charge on any atom is -0.461 e. The minimum absolute atomic E-state index is 0.965. The lowest BCUT2D eigenvalue weighted by atomic mass is 10.9. The number of hydrazone groups is 1. The SMILES string of the molecule is CC=[N+](SC)N(C)C(=O)O. The van der Waals surface area contributed by atoms with Crippen molar-refractivity contribution in [3.8, 4) is 0 Å². The van der Waals surface area contributed by atoms with Crippen molar-refractivity contribution in [2.24, 2.45) is 0 Å². The summed E-state index contributed by atoms with van der Waals surface area (Å²) in [6.45, 7) is 1.77. The van der Waals surface area contributed by atoms with Crippen LogP contribution in [0.25, 0.3) is 0 Å². The molecule has 0 bridgehead atoms. The summed E-state index contributed by atoms with van der Waals surface area (Å²) in [5.74, 6) is 0. The maximum atomic E-state index is 10.3. The summed E-state index contributed by atoms with van der Waals surface area (Å²) >= 11 is 1.33. The minimum atomic E-state index is -0.965. The van der Waals surface area contributed by atoms with Crippen molar-refractivity contribution in [2.45, 2.75) is 6.92 Å². The van der Waals surface area contributed by atoms with Gasteiger partial charge >= 0.3 is 6.09 Å². The van der Waals surface area contributed by atoms with Crippen molar-refractivity contribution in [1.29, 1.82) is 0 Å². The third-order valence-corrected chi connectivity index (χ3v) is 1.81. The van der Waals surface area contributed by atoms with E-state index in [4.69, 9.17) is 5.11 Å². The van der Waals surface area contributed by atoms with Gasteiger partial charge in [-0.3, -0.25) is 0 Å². The maximum absolute atomic E-state index is 10.3. The Labute approximate surface area is 64.2 Å². The molecule has 10 heavy (non-hydrogen) atoms. The van der Waals surface area contributed by atoms with Gasteiger partial charge in [-0.1, -0.05) is 5.01 Å². The van der Waals surface area contributed by atoms with E-state index >= 15 is 0 Å². The Hall–Kier alpha value is -0.710. The number of hydrogen-bond donors (Lipinski definition) is 1. The Kier molecular flexibility index (Phi) is 3.87. The van der Waals surface area contributed by atoms with Crippen LogP contribution in [0.15, 0.2) is 0 Å². The van der Waals surface area contributed by atoms with Gasteiger partial charge in [0.25, 0.3) is 0 Å². The Morgan fingerprint density at radius 3 is 2.40 bits per heavy atom. The van der Waals surface area contributed by atoms with E-state index in [1.165, 1.54) is 23.1 Å². The number of hydrazine groups is 1. The summed E-state index contributed by atoms with van der Waals surface area (Å²) in [6.07, 6.45) is 2.52. The standard InChI is InChI=1S/C5H10N2O2S/c1-4-7(10-3)6(2)5(8)9/h4H,1-3H3/p+1. The third-order valence-electron chi connectivity index (χ3n) is 0.980. The van der Waals surface area contributed by atoms with Crippen LogP contribution < -0.4 is 0 Å². The van der Waals surface area contributed by atoms with Crippen LogP contribution in [0.3, 0.4) is 0 Å². The second kappa shape index (κ2) is 4.16. The van der Waals surface area contributed by atoms with Crippen molar-refractivity contribution in [2.75, 3.05) is 13.3 Å². The third kappa shape index (κ3) is 2.26. The first-order valence-electron chi connectivity index (χ1n) is 2.72. The van der Waals surface area contributed by atoms with Crippen LogP contribution in [0.2, 0.25) is 0 Å². The van der Waals surface area contributed by atoms with Crippen LogP contribution >= 0.6 is 11.9 Å². The molecule has 0 aromatic heterocycles. The van der Waals surface area contributed by atoms with Crippen molar-refractivity contribution in [1.82, 2.24) is 5.01 Å². The van der Waals surface area contributed by atoms with Gasteiger partial charge in [-0.05, 0) is 4.09 Å². The molecule has 0 fully saturated rings. The molecule has 0 aromatic carbocycles. The van der Waals surface area contributed by atoms with Gasteiger partial charge in [0, 0.05) is 6.92 Å². The van der Waals surface area contributed by atoms with E-state index in [0.29, 0.717) is 0 Å². The normalized spacial score (nSPS) is 11.3. The molecule has 5 heteroatoms. The first kappa shape index (κ1) is 9.29. The first-order chi connectivity index (χ1) is 4.63. The van der Waals surface area contributed by atoms with Crippen molar-refractivity contribution >= 4 is 24.3 Å². The van der Waals surface area contributed by atoms with E-state index in [1.807, 2.05) is 0 Å². The summed E-state index contributed by atoms with van der Waals surface area (Å²) < 4.78 is 1.52. The second-order valence-electron chi connectivity index (χ2n) is 1.55. The summed E-state index contributed by atoms with van der Waals surface area (Å²) in [6, 6.07) is 0. The molecule has 0 spiro atoms. The molecule has 0 aliphatic rings. The molecule has 0 unspecified atom stereocenters. The Bertz CT molecular complexity index is 158. The lowest BCUT2D eigenvalue weighted by molar-refractivity contribution is -0.515. The molecule has 0 aliphatic carbocycles. The van der Waals surface area contributed by atoms with E-state index < -0.39 is 6.09 Å². The van der Waals surface area contributed by atoms with Crippen molar-refractivity contribution < 1.29 is 14.0 Å². The number of nitrogens with zero attached hydrogens (tertiary/aromatic N) is 2. The van der Waals surface area contributed by atoms with Gasteiger partial charge in [0.05, 0.1) is 13.3 Å². The number of hydrogen-bond acceptors (Lipinski definition) is 2. The molecule has 0 atom stereocenters. The second-order valence-corrected chi connectivity index (χ2v) is 2.29. The fourth-order valence-corrected chi connectivity index (χ4v) is 1.01. The van der Waals surface area contributed by atoms with E-state index in [9.17, 15) is 4.79 Å². The van der Waals surface area contributed by atoms with Gasteiger partial charge in [0.2, 0.25) is 0 Å². The fraction of sp³-hybridized carbons (Fsp3) is 0.600. The molecule has 0 aliphatic heterocycles. The molecule has 0 heterocycles. The molecular weight excluding hydrogens is 152 g/mol. The molecule has 0 aromatic rings. The van der Waals surface area contributed by atoms with Crippen LogP contribution in [-0.2, 0) is 0 Å². The van der Waals surface area contributed by atoms with Gasteiger partial charge < -0.3 is 5.11 Å². The molecule has 1 amide bonds. The highest BCUT2D eigenvalue weighted by Crippen LogP contribution is 1.98. The zero-order valence-electron chi connectivity index (χ0n) is 6.24. The number of carboxylic acid groups (broad SMARTS) is 1. The number of amides is 1. The summed E-state index contributed by atoms with van der Waals surface area (Å²) in [5, 5.41) is 9.57. The van der Waals surface area contributed by atoms with Crippen molar-refractivity contribution in [3.63, 3.8) is 0 Å². The molecule has 0 saturated carbocycles. The number of rotatable bonds is 2. The van der Waals surface area contributed by atoms with Crippen LogP contribution in [0, 0.1) is 0 Å². The van der Waals surface area contributed by atoms with Crippen molar-refractivity contribution in [3.05, 3.63) is 0 Å². The van der Waals surface area contributed by atoms with Crippen LogP contribution in [0.4, 0.5) is 4.79 Å². The lowest BCUT2D eigenvalue weighted by Gasteiger charge is -2.04. The van der Waals surface area contributed by atoms with E-state index in [-0.39, 0.29) is 0 Å². The van der Waals surface area contributed by atoms with Gasteiger partial charge in [-0.2, -0.15) is 0 Å². The molecule has 0 saturated heterocycles. The molecule has 4 nitrogen and oxygen atoms in total. The highest BCUT2D eigenvalue weighted by molar-refractivity contribution is 7.92. The largest absolute Gasteiger partial charge is 0.461 e. The monoisotopic (exact) mass is 163 g/mol. The van der Waals surface area contributed by atoms with Crippen LogP contribution in [-0.4, -0.2) is 39.8 Å². The number of carbonyl (C=O) groups is 1. The summed E-state index contributed by atoms with van der Waals surface area (Å²) in [5.41, 5.74) is 0. The molecule has 0 radical (unpaired) electrons. The lowest BCUT2D eigenvalue weighted by Crippen LogP contribution is -2.31. The zero-order chi connectivity index (χ0) is 8.15. The van der Waals surface area contributed by atoms with Gasteiger partial charge in [-0.25, -0.2) is 4.79 Å². The quantitative estimate of drug-likeness (QED) is 0.284. The molecule has 0 rings (SSSR count). The Morgan fingerprint density at radius 1 is 1.80 bits per heavy atom. The maximum Gasteiger partial charge on any atom is 0.461 e. The molecule has 1 N–H and O–H groups in total. The predicted octanol–water partition coefficient (Wildman–Crippen LogP) is 0.892. The van der Waals surface area contributed by atoms with Gasteiger partial charge in [0.1, 0.15) is 0 Å². The average molecular weight is 163 g/mol. The Balaban J connectivity index is 4.17. The summed E-state index contributed by atoms with van der Waals surface area (Å²) in [4.78, 5) is 10.3. The van der Waals surface area contributed by atoms with Gasteiger partial charge in [-0.15, -0.1) is 0 Å². The topological polar surface area (TPSA) is 43.5 Å². The van der Waals surface area contributed by atoms with E-state index in [1.54, 1.807) is 19.4 Å². The Morgan fingerprint density at radius 2 is 2.30 bits per heavy atom.